The van der Waals surface area contributed by atoms with Crippen LogP contribution in [-0.4, -0.2) is 38.5 Å². The monoisotopic (exact) mass is 393 g/mol. The quantitative estimate of drug-likeness (QED) is 0.673. The van der Waals surface area contributed by atoms with Crippen LogP contribution < -0.4 is 10.6 Å². The Kier molecular flexibility index (Phi) is 6.31. The highest BCUT2D eigenvalue weighted by atomic mass is 32.2. The molecule has 2 N–H and O–H groups in total. The number of hydrogen-bond donors (Lipinski definition) is 2. The van der Waals surface area contributed by atoms with Crippen LogP contribution in [0.25, 0.3) is 0 Å². The fourth-order valence-electron chi connectivity index (χ4n) is 2.45. The smallest absolute Gasteiger partial charge is 0.321 e. The second kappa shape index (κ2) is 8.68. The van der Waals surface area contributed by atoms with E-state index in [1.165, 1.54) is 16.6 Å². The Morgan fingerprint density at radius 2 is 2.23 bits per heavy atom. The van der Waals surface area contributed by atoms with Gasteiger partial charge in [0.2, 0.25) is 5.91 Å². The summed E-state index contributed by atoms with van der Waals surface area (Å²) >= 11 is 3.03. The van der Waals surface area contributed by atoms with Crippen molar-refractivity contribution < 1.29 is 9.59 Å². The van der Waals surface area contributed by atoms with Gasteiger partial charge in [-0.15, -0.1) is 21.5 Å². The van der Waals surface area contributed by atoms with Crippen LogP contribution >= 0.6 is 23.1 Å². The van der Waals surface area contributed by atoms with Crippen molar-refractivity contribution >= 4 is 35.0 Å². The molecule has 1 aliphatic carbocycles. The summed E-state index contributed by atoms with van der Waals surface area (Å²) in [6.07, 6.45) is 3.80. The molecule has 2 aromatic heterocycles. The standard InChI is InChI=1S/C17H23N5O2S2/c1-3-11(2)18-16(24)19-15(23)10-26-17-21-20-14(22(17)12-6-7-12)9-13-5-4-8-25-13/h4-5,8,11-12H,3,6-7,9-10H2,1-2H3,(H2,18,19,23,24)/t11-/m1/s1. The zero-order chi connectivity index (χ0) is 18.5. The number of carbonyl (C=O) groups excluding carboxylic acids is 2. The van der Waals surface area contributed by atoms with Gasteiger partial charge < -0.3 is 9.88 Å². The first-order valence-corrected chi connectivity index (χ1v) is 10.6. The van der Waals surface area contributed by atoms with Crippen molar-refractivity contribution in [1.82, 2.24) is 25.4 Å². The van der Waals surface area contributed by atoms with E-state index >= 15 is 0 Å². The zero-order valence-corrected chi connectivity index (χ0v) is 16.5. The summed E-state index contributed by atoms with van der Waals surface area (Å²) in [7, 11) is 0. The molecule has 140 valence electrons. The van der Waals surface area contributed by atoms with E-state index in [4.69, 9.17) is 0 Å². The van der Waals surface area contributed by atoms with E-state index in [0.29, 0.717) is 6.04 Å². The predicted octanol–water partition coefficient (Wildman–Crippen LogP) is 2.98. The molecule has 0 aliphatic heterocycles. The van der Waals surface area contributed by atoms with Crippen LogP contribution in [0.15, 0.2) is 22.7 Å². The largest absolute Gasteiger partial charge is 0.335 e. The molecule has 0 aromatic carbocycles. The van der Waals surface area contributed by atoms with Gasteiger partial charge in [0.1, 0.15) is 5.82 Å². The molecule has 1 atom stereocenters. The van der Waals surface area contributed by atoms with Crippen molar-refractivity contribution in [2.45, 2.75) is 56.8 Å². The molecule has 0 radical (unpaired) electrons. The van der Waals surface area contributed by atoms with E-state index in [0.717, 1.165) is 36.7 Å². The lowest BCUT2D eigenvalue weighted by molar-refractivity contribution is -0.117. The van der Waals surface area contributed by atoms with Crippen molar-refractivity contribution in [1.29, 1.82) is 0 Å². The third kappa shape index (κ3) is 5.07. The number of nitrogens with zero attached hydrogens (tertiary/aromatic N) is 3. The van der Waals surface area contributed by atoms with Gasteiger partial charge in [0.05, 0.1) is 5.75 Å². The Hall–Kier alpha value is -1.87. The molecule has 3 rings (SSSR count). The van der Waals surface area contributed by atoms with Crippen molar-refractivity contribution in [3.8, 4) is 0 Å². The van der Waals surface area contributed by atoms with E-state index in [2.05, 4.69) is 36.8 Å². The highest BCUT2D eigenvalue weighted by Crippen LogP contribution is 2.39. The van der Waals surface area contributed by atoms with Crippen molar-refractivity contribution in [2.24, 2.45) is 0 Å². The van der Waals surface area contributed by atoms with Gasteiger partial charge in [-0.3, -0.25) is 10.1 Å². The number of urea groups is 1. The molecule has 0 unspecified atom stereocenters. The van der Waals surface area contributed by atoms with Crippen LogP contribution in [0.3, 0.4) is 0 Å². The lowest BCUT2D eigenvalue weighted by Gasteiger charge is -2.12. The van der Waals surface area contributed by atoms with Crippen molar-refractivity contribution in [3.05, 3.63) is 28.2 Å². The van der Waals surface area contributed by atoms with Crippen LogP contribution in [0.1, 0.15) is 49.9 Å². The van der Waals surface area contributed by atoms with Gasteiger partial charge in [-0.25, -0.2) is 4.79 Å². The summed E-state index contributed by atoms with van der Waals surface area (Å²) in [4.78, 5) is 25.0. The molecule has 2 heterocycles. The number of imide groups is 1. The average Bonchev–Trinajstić information content (AvgIpc) is 3.16. The molecular formula is C17H23N5O2S2. The minimum absolute atomic E-state index is 0.0354. The second-order valence-corrected chi connectivity index (χ2v) is 8.35. The summed E-state index contributed by atoms with van der Waals surface area (Å²) in [5.74, 6) is 0.742. The van der Waals surface area contributed by atoms with Gasteiger partial charge in [-0.2, -0.15) is 0 Å². The van der Waals surface area contributed by atoms with E-state index in [9.17, 15) is 9.59 Å². The third-order valence-electron chi connectivity index (χ3n) is 4.13. The third-order valence-corrected chi connectivity index (χ3v) is 5.95. The predicted molar refractivity (Wildman–Crippen MR) is 103 cm³/mol. The Morgan fingerprint density at radius 3 is 2.88 bits per heavy atom. The molecule has 3 amide bonds. The summed E-state index contributed by atoms with van der Waals surface area (Å²) in [5, 5.41) is 16.5. The number of amides is 3. The molecule has 0 bridgehead atoms. The fourth-order valence-corrected chi connectivity index (χ4v) is 3.98. The number of hydrogen-bond acceptors (Lipinski definition) is 6. The maximum absolute atomic E-state index is 12.0. The number of thioether (sulfide) groups is 1. The van der Waals surface area contributed by atoms with Crippen molar-refractivity contribution in [2.75, 3.05) is 5.75 Å². The molecule has 9 heteroatoms. The topological polar surface area (TPSA) is 88.9 Å². The van der Waals surface area contributed by atoms with Crippen LogP contribution in [0.5, 0.6) is 0 Å². The van der Waals surface area contributed by atoms with E-state index in [1.54, 1.807) is 11.3 Å². The summed E-state index contributed by atoms with van der Waals surface area (Å²) < 4.78 is 2.15. The van der Waals surface area contributed by atoms with Gasteiger partial charge in [0.25, 0.3) is 0 Å². The molecule has 1 saturated carbocycles. The summed E-state index contributed by atoms with van der Waals surface area (Å²) in [6, 6.07) is 4.13. The van der Waals surface area contributed by atoms with Crippen LogP contribution in [-0.2, 0) is 11.2 Å². The molecule has 1 fully saturated rings. The Labute approximate surface area is 161 Å². The summed E-state index contributed by atoms with van der Waals surface area (Å²) in [5.41, 5.74) is 0. The number of thiophene rings is 1. The SMILES string of the molecule is CC[C@@H](C)NC(=O)NC(=O)CSc1nnc(Cc2cccs2)n1C1CC1. The number of carbonyl (C=O) groups is 2. The van der Waals surface area contributed by atoms with Gasteiger partial charge in [0, 0.05) is 23.4 Å². The van der Waals surface area contributed by atoms with E-state index in [-0.39, 0.29) is 17.7 Å². The van der Waals surface area contributed by atoms with E-state index in [1.807, 2.05) is 19.9 Å². The summed E-state index contributed by atoms with van der Waals surface area (Å²) in [6.45, 7) is 3.87. The number of rotatable bonds is 8. The number of aromatic nitrogens is 3. The average molecular weight is 394 g/mol. The first-order valence-electron chi connectivity index (χ1n) is 8.76. The Morgan fingerprint density at radius 1 is 1.42 bits per heavy atom. The second-order valence-electron chi connectivity index (χ2n) is 6.38. The van der Waals surface area contributed by atoms with Gasteiger partial charge >= 0.3 is 6.03 Å². The van der Waals surface area contributed by atoms with Gasteiger partial charge in [0.15, 0.2) is 5.16 Å². The normalized spacial score (nSPS) is 14.8. The Bertz CT molecular complexity index is 755. The van der Waals surface area contributed by atoms with E-state index < -0.39 is 6.03 Å². The minimum atomic E-state index is -0.452. The highest BCUT2D eigenvalue weighted by Gasteiger charge is 2.30. The molecule has 26 heavy (non-hydrogen) atoms. The van der Waals surface area contributed by atoms with Gasteiger partial charge in [-0.05, 0) is 37.6 Å². The molecular weight excluding hydrogens is 370 g/mol. The van der Waals surface area contributed by atoms with Crippen molar-refractivity contribution in [3.63, 3.8) is 0 Å². The maximum atomic E-state index is 12.0. The molecule has 1 aliphatic rings. The first-order chi connectivity index (χ1) is 12.6. The first kappa shape index (κ1) is 18.9. The molecule has 0 spiro atoms. The molecule has 7 nitrogen and oxygen atoms in total. The van der Waals surface area contributed by atoms with Crippen LogP contribution in [0.2, 0.25) is 0 Å². The maximum Gasteiger partial charge on any atom is 0.321 e. The fraction of sp³-hybridized carbons (Fsp3) is 0.529. The minimum Gasteiger partial charge on any atom is -0.335 e. The Balaban J connectivity index is 1.57. The zero-order valence-electron chi connectivity index (χ0n) is 14.9. The van der Waals surface area contributed by atoms with Gasteiger partial charge in [-0.1, -0.05) is 24.8 Å². The van der Waals surface area contributed by atoms with Crippen LogP contribution in [0, 0.1) is 0 Å². The lowest BCUT2D eigenvalue weighted by atomic mass is 10.3. The highest BCUT2D eigenvalue weighted by molar-refractivity contribution is 7.99. The lowest BCUT2D eigenvalue weighted by Crippen LogP contribution is -2.43. The van der Waals surface area contributed by atoms with Crippen LogP contribution in [0.4, 0.5) is 4.79 Å². The molecule has 0 saturated heterocycles. The number of nitrogens with one attached hydrogen (secondary N) is 2. The molecule has 2 aromatic rings.